The van der Waals surface area contributed by atoms with Gasteiger partial charge in [0.15, 0.2) is 0 Å². The fraction of sp³-hybridized carbons (Fsp3) is 0.455. The molecule has 0 aliphatic heterocycles. The third kappa shape index (κ3) is 3.26. The van der Waals surface area contributed by atoms with Gasteiger partial charge in [0, 0.05) is 18.3 Å². The maximum atomic E-state index is 9.07. The molecule has 0 fully saturated rings. The van der Waals surface area contributed by atoms with E-state index < -0.39 is 0 Å². The number of nitrogens with one attached hydrogen (secondary N) is 1. The lowest BCUT2D eigenvalue weighted by Crippen LogP contribution is -2.33. The molecule has 0 aliphatic carbocycles. The molecular weight excluding hydrogens is 176 g/mol. The number of aromatic hydroxyl groups is 1. The number of phenolic OH excluding ortho intramolecular Hbond substituents is 1. The Morgan fingerprint density at radius 3 is 2.36 bits per heavy atom. The van der Waals surface area contributed by atoms with Gasteiger partial charge in [-0.3, -0.25) is 0 Å². The fourth-order valence-corrected chi connectivity index (χ4v) is 1.05. The van der Waals surface area contributed by atoms with Crippen LogP contribution in [-0.2, 0) is 0 Å². The predicted molar refractivity (Wildman–Crippen MR) is 59.4 cm³/mol. The van der Waals surface area contributed by atoms with Crippen LogP contribution in [0.2, 0.25) is 0 Å². The van der Waals surface area contributed by atoms with E-state index in [1.807, 2.05) is 12.1 Å². The summed E-state index contributed by atoms with van der Waals surface area (Å²) in [5, 5.41) is 12.3. The molecule has 3 heteroatoms. The van der Waals surface area contributed by atoms with Crippen molar-refractivity contribution in [2.24, 2.45) is 11.7 Å². The minimum Gasteiger partial charge on any atom is -0.508 e. The van der Waals surface area contributed by atoms with Crippen LogP contribution in [0.1, 0.15) is 13.8 Å². The summed E-state index contributed by atoms with van der Waals surface area (Å²) in [7, 11) is 0. The second kappa shape index (κ2) is 4.86. The highest BCUT2D eigenvalue weighted by Gasteiger charge is 2.06. The third-order valence-electron chi connectivity index (χ3n) is 2.27. The number of rotatable bonds is 4. The van der Waals surface area contributed by atoms with Gasteiger partial charge in [0.25, 0.3) is 0 Å². The van der Waals surface area contributed by atoms with E-state index in [2.05, 4.69) is 19.2 Å². The van der Waals surface area contributed by atoms with Gasteiger partial charge in [-0.25, -0.2) is 0 Å². The van der Waals surface area contributed by atoms with E-state index in [0.29, 0.717) is 5.92 Å². The smallest absolute Gasteiger partial charge is 0.115 e. The molecule has 0 saturated heterocycles. The van der Waals surface area contributed by atoms with Crippen molar-refractivity contribution in [3.8, 4) is 5.75 Å². The number of phenols is 1. The predicted octanol–water partition coefficient (Wildman–Crippen LogP) is 1.79. The molecule has 0 radical (unpaired) electrons. The van der Waals surface area contributed by atoms with Gasteiger partial charge in [-0.15, -0.1) is 0 Å². The minimum absolute atomic E-state index is 0.156. The Hall–Kier alpha value is -1.22. The molecule has 4 N–H and O–H groups in total. The van der Waals surface area contributed by atoms with E-state index in [1.54, 1.807) is 12.1 Å². The molecule has 78 valence electrons. The van der Waals surface area contributed by atoms with Crippen molar-refractivity contribution in [3.63, 3.8) is 0 Å². The van der Waals surface area contributed by atoms with Gasteiger partial charge >= 0.3 is 0 Å². The van der Waals surface area contributed by atoms with E-state index in [4.69, 9.17) is 10.8 Å². The van der Waals surface area contributed by atoms with Crippen LogP contribution >= 0.6 is 0 Å². The number of benzene rings is 1. The Bertz CT molecular complexity index is 269. The topological polar surface area (TPSA) is 58.3 Å². The summed E-state index contributed by atoms with van der Waals surface area (Å²) < 4.78 is 0. The molecule has 0 aromatic heterocycles. The molecule has 0 spiro atoms. The van der Waals surface area contributed by atoms with Crippen molar-refractivity contribution in [3.05, 3.63) is 24.3 Å². The van der Waals surface area contributed by atoms with Gasteiger partial charge in [-0.2, -0.15) is 0 Å². The number of nitrogens with two attached hydrogens (primary N) is 1. The Morgan fingerprint density at radius 2 is 1.86 bits per heavy atom. The van der Waals surface area contributed by atoms with Crippen molar-refractivity contribution in [1.29, 1.82) is 0 Å². The SMILES string of the molecule is CC(C)C(N)CNc1ccc(O)cc1. The molecule has 1 atom stereocenters. The molecule has 1 aromatic carbocycles. The summed E-state index contributed by atoms with van der Waals surface area (Å²) in [6.07, 6.45) is 0. The highest BCUT2D eigenvalue weighted by molar-refractivity contribution is 5.45. The molecule has 1 unspecified atom stereocenters. The van der Waals surface area contributed by atoms with Crippen molar-refractivity contribution >= 4 is 5.69 Å². The normalized spacial score (nSPS) is 12.9. The monoisotopic (exact) mass is 194 g/mol. The lowest BCUT2D eigenvalue weighted by molar-refractivity contribution is 0.475. The first-order chi connectivity index (χ1) is 6.59. The number of hydrogen-bond acceptors (Lipinski definition) is 3. The molecule has 0 bridgehead atoms. The summed E-state index contributed by atoms with van der Waals surface area (Å²) in [4.78, 5) is 0. The summed E-state index contributed by atoms with van der Waals surface area (Å²) in [5.74, 6) is 0.753. The summed E-state index contributed by atoms with van der Waals surface area (Å²) >= 11 is 0. The standard InChI is InChI=1S/C11H18N2O/c1-8(2)11(12)7-13-9-3-5-10(14)6-4-9/h3-6,8,11,13-14H,7,12H2,1-2H3. The molecule has 14 heavy (non-hydrogen) atoms. The van der Waals surface area contributed by atoms with Crippen LogP contribution in [-0.4, -0.2) is 17.7 Å². The molecule has 0 heterocycles. The van der Waals surface area contributed by atoms with Gasteiger partial charge in [0.05, 0.1) is 0 Å². The molecule has 1 aromatic rings. The number of hydrogen-bond donors (Lipinski definition) is 3. The van der Waals surface area contributed by atoms with Crippen LogP contribution in [0.3, 0.4) is 0 Å². The first-order valence-electron chi connectivity index (χ1n) is 4.88. The van der Waals surface area contributed by atoms with Crippen molar-refractivity contribution in [2.45, 2.75) is 19.9 Å². The van der Waals surface area contributed by atoms with Crippen LogP contribution in [0.5, 0.6) is 5.75 Å². The Kier molecular flexibility index (Phi) is 3.77. The third-order valence-corrected chi connectivity index (χ3v) is 2.27. The second-order valence-corrected chi connectivity index (χ2v) is 3.84. The van der Waals surface area contributed by atoms with Crippen LogP contribution in [0.4, 0.5) is 5.69 Å². The molecule has 0 saturated carbocycles. The highest BCUT2D eigenvalue weighted by Crippen LogP contribution is 2.13. The zero-order valence-corrected chi connectivity index (χ0v) is 8.70. The number of anilines is 1. The van der Waals surface area contributed by atoms with Crippen molar-refractivity contribution < 1.29 is 5.11 Å². The summed E-state index contributed by atoms with van der Waals surface area (Å²) in [6, 6.07) is 7.14. The van der Waals surface area contributed by atoms with Gasteiger partial charge in [0.2, 0.25) is 0 Å². The maximum Gasteiger partial charge on any atom is 0.115 e. The van der Waals surface area contributed by atoms with E-state index in [9.17, 15) is 0 Å². The van der Waals surface area contributed by atoms with E-state index in [-0.39, 0.29) is 11.8 Å². The Morgan fingerprint density at radius 1 is 1.29 bits per heavy atom. The average molecular weight is 194 g/mol. The van der Waals surface area contributed by atoms with Gasteiger partial charge in [-0.1, -0.05) is 13.8 Å². The largest absolute Gasteiger partial charge is 0.508 e. The molecule has 0 amide bonds. The Balaban J connectivity index is 2.42. The van der Waals surface area contributed by atoms with Crippen LogP contribution < -0.4 is 11.1 Å². The zero-order chi connectivity index (χ0) is 10.6. The van der Waals surface area contributed by atoms with Crippen LogP contribution in [0, 0.1) is 5.92 Å². The summed E-state index contributed by atoms with van der Waals surface area (Å²) in [5.41, 5.74) is 6.87. The molecular formula is C11H18N2O. The highest BCUT2D eigenvalue weighted by atomic mass is 16.3. The maximum absolute atomic E-state index is 9.07. The van der Waals surface area contributed by atoms with Gasteiger partial charge < -0.3 is 16.2 Å². The van der Waals surface area contributed by atoms with Crippen molar-refractivity contribution in [1.82, 2.24) is 0 Å². The molecule has 3 nitrogen and oxygen atoms in total. The van der Waals surface area contributed by atoms with E-state index in [1.165, 1.54) is 0 Å². The molecule has 1 rings (SSSR count). The average Bonchev–Trinajstić information content (AvgIpc) is 2.16. The van der Waals surface area contributed by atoms with E-state index >= 15 is 0 Å². The minimum atomic E-state index is 0.156. The van der Waals surface area contributed by atoms with Gasteiger partial charge in [-0.05, 0) is 30.2 Å². The van der Waals surface area contributed by atoms with Crippen LogP contribution in [0.25, 0.3) is 0 Å². The van der Waals surface area contributed by atoms with Crippen molar-refractivity contribution in [2.75, 3.05) is 11.9 Å². The quantitative estimate of drug-likeness (QED) is 0.640. The lowest BCUT2D eigenvalue weighted by atomic mass is 10.1. The van der Waals surface area contributed by atoms with E-state index in [0.717, 1.165) is 12.2 Å². The molecule has 0 aliphatic rings. The first-order valence-corrected chi connectivity index (χ1v) is 4.88. The second-order valence-electron chi connectivity index (χ2n) is 3.84. The van der Waals surface area contributed by atoms with Crippen LogP contribution in [0.15, 0.2) is 24.3 Å². The lowest BCUT2D eigenvalue weighted by Gasteiger charge is -2.16. The van der Waals surface area contributed by atoms with Gasteiger partial charge in [0.1, 0.15) is 5.75 Å². The Labute approximate surface area is 84.9 Å². The summed E-state index contributed by atoms with van der Waals surface area (Å²) in [6.45, 7) is 4.95. The zero-order valence-electron chi connectivity index (χ0n) is 8.70. The fourth-order valence-electron chi connectivity index (χ4n) is 1.05. The first kappa shape index (κ1) is 10.9.